The highest BCUT2D eigenvalue weighted by atomic mass is 32.2. The molecule has 0 spiro atoms. The number of thioether (sulfide) groups is 2. The molecule has 3 amide bonds. The quantitative estimate of drug-likeness (QED) is 0.0812. The number of rotatable bonds is 19. The molecule has 3 aromatic rings. The van der Waals surface area contributed by atoms with Gasteiger partial charge in [-0.1, -0.05) is 108 Å². The van der Waals surface area contributed by atoms with E-state index in [-0.39, 0.29) is 30.0 Å². The van der Waals surface area contributed by atoms with Crippen LogP contribution in [-0.4, -0.2) is 52.8 Å². The molecule has 0 saturated carbocycles. The molecule has 3 aromatic carbocycles. The van der Waals surface area contributed by atoms with Crippen LogP contribution >= 0.6 is 23.5 Å². The number of aliphatic carboxylic acids is 1. The summed E-state index contributed by atoms with van der Waals surface area (Å²) in [6, 6.07) is 19.5. The van der Waals surface area contributed by atoms with E-state index in [1.54, 1.807) is 48.2 Å². The van der Waals surface area contributed by atoms with Crippen LogP contribution in [0.1, 0.15) is 90.7 Å². The predicted octanol–water partition coefficient (Wildman–Crippen LogP) is 8.31. The highest BCUT2D eigenvalue weighted by Crippen LogP contribution is 2.51. The van der Waals surface area contributed by atoms with E-state index in [4.69, 9.17) is 4.74 Å². The van der Waals surface area contributed by atoms with Crippen molar-refractivity contribution < 1.29 is 33.8 Å². The van der Waals surface area contributed by atoms with E-state index in [0.29, 0.717) is 46.8 Å². The fraction of sp³-hybridized carbons (Fsp3) is 0.439. The first-order valence-electron chi connectivity index (χ1n) is 18.3. The summed E-state index contributed by atoms with van der Waals surface area (Å²) in [6.45, 7) is 7.68. The van der Waals surface area contributed by atoms with Crippen LogP contribution in [0.2, 0.25) is 0 Å². The summed E-state index contributed by atoms with van der Waals surface area (Å²) in [5.41, 5.74) is 0.624. The number of ether oxygens (including phenoxy) is 1. The van der Waals surface area contributed by atoms with Crippen molar-refractivity contribution in [2.45, 2.75) is 101 Å². The van der Waals surface area contributed by atoms with Crippen LogP contribution in [0.4, 0.5) is 11.4 Å². The lowest BCUT2D eigenvalue weighted by Crippen LogP contribution is -2.49. The van der Waals surface area contributed by atoms with Crippen LogP contribution in [0.5, 0.6) is 5.75 Å². The highest BCUT2D eigenvalue weighted by Gasteiger charge is 2.50. The number of hydrogen-bond acceptors (Lipinski definition) is 8. The Morgan fingerprint density at radius 1 is 0.925 bits per heavy atom. The summed E-state index contributed by atoms with van der Waals surface area (Å²) >= 11 is 2.51. The number of benzene rings is 3. The van der Waals surface area contributed by atoms with Gasteiger partial charge < -0.3 is 20.5 Å². The standard InChI is InChI=1S/C41H51N3O7S2/c1-6-9-22-41(23-10-7-2)39(49)44(29-19-15-12-16-20-29)30-25-33(52-5)31(26-32(30)53-40(41)50)51-24-21-34(45)42-36(28-17-13-11-14-18-28)37(46)43-35(38(47)48)27(4)8-3/h11-20,25-27,35-36H,6-10,21-24H2,1-5H3,(H,42,45)(H,43,46)(H,47,48)/t27-,35+,36?/m0/s1. The summed E-state index contributed by atoms with van der Waals surface area (Å²) in [5, 5.41) is 14.9. The van der Waals surface area contributed by atoms with Gasteiger partial charge in [0.25, 0.3) is 0 Å². The third-order valence-corrected chi connectivity index (χ3v) is 11.6. The van der Waals surface area contributed by atoms with Crippen molar-refractivity contribution in [1.29, 1.82) is 0 Å². The SMILES string of the molecule is CCCCC1(CCCC)C(=O)Sc2cc(OCCC(=O)NC(C(=O)N[C@@H](C(=O)O)[C@@H](C)CC)c3ccccc3)c(SC)cc2N(c2ccccc2)C1=O. The Hall–Kier alpha value is -4.29. The van der Waals surface area contributed by atoms with Crippen molar-refractivity contribution in [1.82, 2.24) is 10.6 Å². The molecule has 1 heterocycles. The molecule has 3 atom stereocenters. The Balaban J connectivity index is 1.60. The van der Waals surface area contributed by atoms with Crippen molar-refractivity contribution in [2.75, 3.05) is 17.8 Å². The summed E-state index contributed by atoms with van der Waals surface area (Å²) in [7, 11) is 0. The van der Waals surface area contributed by atoms with Crippen molar-refractivity contribution in [3.63, 3.8) is 0 Å². The van der Waals surface area contributed by atoms with Gasteiger partial charge >= 0.3 is 5.97 Å². The minimum Gasteiger partial charge on any atom is -0.492 e. The third kappa shape index (κ3) is 10.0. The van der Waals surface area contributed by atoms with E-state index in [0.717, 1.165) is 42.3 Å². The molecule has 0 aliphatic carbocycles. The molecule has 1 unspecified atom stereocenters. The molecule has 0 radical (unpaired) electrons. The molecular formula is C41H51N3O7S2. The molecular weight excluding hydrogens is 711 g/mol. The second kappa shape index (κ2) is 19.7. The van der Waals surface area contributed by atoms with Crippen LogP contribution in [0, 0.1) is 11.3 Å². The van der Waals surface area contributed by atoms with E-state index < -0.39 is 35.3 Å². The predicted molar refractivity (Wildman–Crippen MR) is 211 cm³/mol. The number of amides is 3. The average molecular weight is 762 g/mol. The number of hydrogen-bond donors (Lipinski definition) is 3. The molecule has 284 valence electrons. The van der Waals surface area contributed by atoms with Gasteiger partial charge in [0, 0.05) is 10.6 Å². The van der Waals surface area contributed by atoms with Gasteiger partial charge in [-0.3, -0.25) is 24.1 Å². The first-order valence-corrected chi connectivity index (χ1v) is 20.4. The Kier molecular flexibility index (Phi) is 15.4. The zero-order valence-electron chi connectivity index (χ0n) is 31.2. The van der Waals surface area contributed by atoms with E-state index in [2.05, 4.69) is 24.5 Å². The molecule has 1 aliphatic heterocycles. The number of para-hydroxylation sites is 1. The molecule has 10 nitrogen and oxygen atoms in total. The highest BCUT2D eigenvalue weighted by molar-refractivity contribution is 8.14. The summed E-state index contributed by atoms with van der Waals surface area (Å²) in [4.78, 5) is 70.6. The Bertz CT molecular complexity index is 1730. The molecule has 12 heteroatoms. The number of anilines is 2. The largest absolute Gasteiger partial charge is 0.492 e. The van der Waals surface area contributed by atoms with Gasteiger partial charge in [-0.25, -0.2) is 4.79 Å². The van der Waals surface area contributed by atoms with Crippen molar-refractivity contribution in [3.05, 3.63) is 78.4 Å². The van der Waals surface area contributed by atoms with E-state index in [1.165, 1.54) is 11.8 Å². The second-order valence-electron chi connectivity index (χ2n) is 13.3. The number of carboxylic acids is 1. The Morgan fingerprint density at radius 3 is 2.11 bits per heavy atom. The normalized spacial score (nSPS) is 15.5. The lowest BCUT2D eigenvalue weighted by Gasteiger charge is -2.34. The fourth-order valence-electron chi connectivity index (χ4n) is 6.35. The summed E-state index contributed by atoms with van der Waals surface area (Å²) < 4.78 is 6.19. The van der Waals surface area contributed by atoms with Gasteiger partial charge in [0.15, 0.2) is 0 Å². The average Bonchev–Trinajstić information content (AvgIpc) is 3.25. The molecule has 1 aliphatic rings. The minimum atomic E-state index is -1.18. The van der Waals surface area contributed by atoms with Gasteiger partial charge in [-0.05, 0) is 66.6 Å². The fourth-order valence-corrected chi connectivity index (χ4v) is 8.01. The maximum atomic E-state index is 14.7. The van der Waals surface area contributed by atoms with Crippen LogP contribution in [0.15, 0.2) is 82.6 Å². The Morgan fingerprint density at radius 2 is 1.55 bits per heavy atom. The first-order chi connectivity index (χ1) is 25.5. The second-order valence-corrected chi connectivity index (χ2v) is 15.2. The Labute approximate surface area is 321 Å². The smallest absolute Gasteiger partial charge is 0.326 e. The molecule has 0 saturated heterocycles. The van der Waals surface area contributed by atoms with Crippen molar-refractivity contribution in [2.24, 2.45) is 11.3 Å². The van der Waals surface area contributed by atoms with Crippen LogP contribution in [0.3, 0.4) is 0 Å². The van der Waals surface area contributed by atoms with Crippen molar-refractivity contribution >= 4 is 63.7 Å². The van der Waals surface area contributed by atoms with Gasteiger partial charge in [0.05, 0.1) is 23.6 Å². The molecule has 0 fully saturated rings. The number of carboxylic acid groups (broad SMARTS) is 1. The molecule has 0 aromatic heterocycles. The van der Waals surface area contributed by atoms with Gasteiger partial charge in [-0.15, -0.1) is 11.8 Å². The number of carbonyl (C=O) groups is 5. The van der Waals surface area contributed by atoms with E-state index >= 15 is 0 Å². The number of fused-ring (bicyclic) bond motifs is 1. The van der Waals surface area contributed by atoms with E-state index in [1.807, 2.05) is 49.6 Å². The van der Waals surface area contributed by atoms with Crippen LogP contribution in [-0.2, 0) is 24.0 Å². The monoisotopic (exact) mass is 761 g/mol. The van der Waals surface area contributed by atoms with Gasteiger partial charge in [0.2, 0.25) is 22.8 Å². The number of unbranched alkanes of at least 4 members (excludes halogenated alkanes) is 2. The molecule has 53 heavy (non-hydrogen) atoms. The van der Waals surface area contributed by atoms with E-state index in [9.17, 15) is 29.1 Å². The van der Waals surface area contributed by atoms with Gasteiger partial charge in [0.1, 0.15) is 23.2 Å². The summed E-state index contributed by atoms with van der Waals surface area (Å²) in [5.74, 6) is -2.30. The number of nitrogens with zero attached hydrogens (tertiary/aromatic N) is 1. The molecule has 4 rings (SSSR count). The zero-order chi connectivity index (χ0) is 38.5. The maximum absolute atomic E-state index is 14.7. The molecule has 0 bridgehead atoms. The van der Waals surface area contributed by atoms with Gasteiger partial charge in [-0.2, -0.15) is 0 Å². The number of carbonyl (C=O) groups excluding carboxylic acids is 4. The maximum Gasteiger partial charge on any atom is 0.326 e. The number of nitrogens with one attached hydrogen (secondary N) is 2. The first kappa shape index (κ1) is 41.5. The minimum absolute atomic E-state index is 0.0389. The van der Waals surface area contributed by atoms with Crippen LogP contribution < -0.4 is 20.3 Å². The molecule has 3 N–H and O–H groups in total. The van der Waals surface area contributed by atoms with Crippen LogP contribution in [0.25, 0.3) is 0 Å². The van der Waals surface area contributed by atoms with Crippen molar-refractivity contribution in [3.8, 4) is 5.75 Å². The lowest BCUT2D eigenvalue weighted by atomic mass is 9.77. The topological polar surface area (TPSA) is 142 Å². The lowest BCUT2D eigenvalue weighted by molar-refractivity contribution is -0.143. The zero-order valence-corrected chi connectivity index (χ0v) is 32.8. The summed E-state index contributed by atoms with van der Waals surface area (Å²) in [6.07, 6.45) is 6.48. The third-order valence-electron chi connectivity index (χ3n) is 9.68.